The number of nitrogen functional groups attached to an aromatic ring is 1. The summed E-state index contributed by atoms with van der Waals surface area (Å²) in [7, 11) is 0. The van der Waals surface area contributed by atoms with E-state index in [2.05, 4.69) is 4.98 Å². The molecule has 0 aliphatic carbocycles. The molecule has 3 aromatic rings. The van der Waals surface area contributed by atoms with E-state index in [0.717, 1.165) is 16.8 Å². The number of nitrogens with two attached hydrogens (primary N) is 1. The SMILES string of the molecule is CCOC(=O)c1cn(-c2cc(N)c(F)c(F)c2F)c2nc(Cl)c(F)cc2c1=O. The van der Waals surface area contributed by atoms with Crippen LogP contribution in [0.2, 0.25) is 5.15 Å². The van der Waals surface area contributed by atoms with E-state index in [1.807, 2.05) is 0 Å². The Morgan fingerprint density at radius 2 is 1.89 bits per heavy atom. The number of nitrogens with zero attached hydrogens (tertiary/aromatic N) is 2. The van der Waals surface area contributed by atoms with Crippen LogP contribution in [0.15, 0.2) is 23.1 Å². The van der Waals surface area contributed by atoms with Gasteiger partial charge in [-0.2, -0.15) is 0 Å². The molecule has 28 heavy (non-hydrogen) atoms. The Balaban J connectivity index is 2.49. The number of fused-ring (bicyclic) bond motifs is 1. The van der Waals surface area contributed by atoms with Gasteiger partial charge in [0.1, 0.15) is 5.56 Å². The molecule has 0 aliphatic rings. The van der Waals surface area contributed by atoms with Crippen molar-refractivity contribution in [2.45, 2.75) is 6.92 Å². The summed E-state index contributed by atoms with van der Waals surface area (Å²) in [6.45, 7) is 1.39. The normalized spacial score (nSPS) is 11.1. The second kappa shape index (κ2) is 7.12. The van der Waals surface area contributed by atoms with E-state index in [9.17, 15) is 27.2 Å². The zero-order chi connectivity index (χ0) is 20.7. The number of carbonyl (C=O) groups excluding carboxylic acids is 1. The summed E-state index contributed by atoms with van der Waals surface area (Å²) >= 11 is 5.63. The number of carbonyl (C=O) groups is 1. The van der Waals surface area contributed by atoms with E-state index in [1.165, 1.54) is 6.92 Å². The predicted octanol–water partition coefficient (Wildman–Crippen LogP) is 3.35. The fourth-order valence-corrected chi connectivity index (χ4v) is 2.66. The summed E-state index contributed by atoms with van der Waals surface area (Å²) in [5, 5.41) is -1.13. The maximum absolute atomic E-state index is 14.4. The number of rotatable bonds is 3. The first-order valence-electron chi connectivity index (χ1n) is 7.69. The van der Waals surface area contributed by atoms with Crippen LogP contribution in [0.4, 0.5) is 23.2 Å². The molecular formula is C17H10ClF4N3O3. The molecule has 1 aromatic carbocycles. The highest BCUT2D eigenvalue weighted by atomic mass is 35.5. The molecule has 0 atom stereocenters. The second-order valence-electron chi connectivity index (χ2n) is 5.52. The topological polar surface area (TPSA) is 87.2 Å². The minimum Gasteiger partial charge on any atom is -0.462 e. The number of halogens is 5. The molecule has 2 N–H and O–H groups in total. The average Bonchev–Trinajstić information content (AvgIpc) is 2.65. The second-order valence-corrected chi connectivity index (χ2v) is 5.88. The number of ether oxygens (including phenoxy) is 1. The fourth-order valence-electron chi connectivity index (χ4n) is 2.52. The van der Waals surface area contributed by atoms with Crippen molar-refractivity contribution >= 4 is 34.3 Å². The van der Waals surface area contributed by atoms with E-state index < -0.39 is 67.8 Å². The molecule has 0 saturated heterocycles. The number of pyridine rings is 2. The van der Waals surface area contributed by atoms with Gasteiger partial charge in [-0.05, 0) is 19.1 Å². The molecule has 0 fully saturated rings. The third kappa shape index (κ3) is 3.05. The van der Waals surface area contributed by atoms with Gasteiger partial charge in [-0.15, -0.1) is 0 Å². The van der Waals surface area contributed by atoms with Gasteiger partial charge >= 0.3 is 5.97 Å². The lowest BCUT2D eigenvalue weighted by molar-refractivity contribution is 0.0524. The van der Waals surface area contributed by atoms with Crippen LogP contribution in [0.3, 0.4) is 0 Å². The number of benzene rings is 1. The fraction of sp³-hybridized carbons (Fsp3) is 0.118. The van der Waals surface area contributed by atoms with Gasteiger partial charge in [-0.1, -0.05) is 11.6 Å². The lowest BCUT2D eigenvalue weighted by atomic mass is 10.1. The Labute approximate surface area is 159 Å². The zero-order valence-electron chi connectivity index (χ0n) is 14.0. The Morgan fingerprint density at radius 1 is 1.21 bits per heavy atom. The van der Waals surface area contributed by atoms with Crippen LogP contribution in [-0.2, 0) is 4.74 Å². The molecule has 11 heteroatoms. The summed E-state index contributed by atoms with van der Waals surface area (Å²) in [6, 6.07) is 1.42. The van der Waals surface area contributed by atoms with Crippen molar-refractivity contribution in [3.05, 3.63) is 62.5 Å². The summed E-state index contributed by atoms with van der Waals surface area (Å²) in [5.74, 6) is -7.34. The van der Waals surface area contributed by atoms with E-state index in [1.54, 1.807) is 0 Å². The summed E-state index contributed by atoms with van der Waals surface area (Å²) in [6.07, 6.45) is 0.805. The highest BCUT2D eigenvalue weighted by molar-refractivity contribution is 6.29. The highest BCUT2D eigenvalue weighted by Gasteiger charge is 2.24. The van der Waals surface area contributed by atoms with Crippen molar-refractivity contribution in [3.8, 4) is 5.69 Å². The van der Waals surface area contributed by atoms with Gasteiger partial charge in [-0.3, -0.25) is 9.36 Å². The standard InChI is InChI=1S/C17H10ClF4N3O3/c1-2-28-17(27)7-5-25(10-4-9(23)11(20)13(22)12(10)21)16-6(14(7)26)3-8(19)15(18)24-16/h3-5H,2,23H2,1H3. The van der Waals surface area contributed by atoms with Gasteiger partial charge in [-0.25, -0.2) is 27.3 Å². The van der Waals surface area contributed by atoms with Crippen molar-refractivity contribution in [3.63, 3.8) is 0 Å². The molecule has 0 radical (unpaired) electrons. The van der Waals surface area contributed by atoms with Crippen molar-refractivity contribution in [2.24, 2.45) is 0 Å². The molecular weight excluding hydrogens is 406 g/mol. The number of anilines is 1. The van der Waals surface area contributed by atoms with Crippen LogP contribution in [-0.4, -0.2) is 22.1 Å². The Bertz CT molecular complexity index is 1200. The molecule has 146 valence electrons. The Hall–Kier alpha value is -3.14. The minimum absolute atomic E-state index is 0.0873. The summed E-state index contributed by atoms with van der Waals surface area (Å²) in [4.78, 5) is 28.3. The molecule has 0 aliphatic heterocycles. The maximum atomic E-state index is 14.4. The molecule has 0 amide bonds. The lowest BCUT2D eigenvalue weighted by Crippen LogP contribution is -2.22. The monoisotopic (exact) mass is 415 g/mol. The molecule has 3 rings (SSSR count). The lowest BCUT2D eigenvalue weighted by Gasteiger charge is -2.15. The van der Waals surface area contributed by atoms with Gasteiger partial charge in [0.2, 0.25) is 5.43 Å². The van der Waals surface area contributed by atoms with Crippen molar-refractivity contribution in [1.29, 1.82) is 0 Å². The third-order valence-corrected chi connectivity index (χ3v) is 4.06. The summed E-state index contributed by atoms with van der Waals surface area (Å²) in [5.41, 5.74) is 1.94. The van der Waals surface area contributed by atoms with Gasteiger partial charge in [0, 0.05) is 6.20 Å². The van der Waals surface area contributed by atoms with Crippen LogP contribution < -0.4 is 11.2 Å². The highest BCUT2D eigenvalue weighted by Crippen LogP contribution is 2.27. The average molecular weight is 416 g/mol. The molecule has 0 bridgehead atoms. The van der Waals surface area contributed by atoms with Crippen LogP contribution in [0.5, 0.6) is 0 Å². The molecule has 0 spiro atoms. The van der Waals surface area contributed by atoms with Crippen LogP contribution in [0, 0.1) is 23.3 Å². The van der Waals surface area contributed by atoms with Gasteiger partial charge < -0.3 is 10.5 Å². The molecule has 0 unspecified atom stereocenters. The van der Waals surface area contributed by atoms with E-state index in [0.29, 0.717) is 6.07 Å². The van der Waals surface area contributed by atoms with Gasteiger partial charge in [0.25, 0.3) is 0 Å². The maximum Gasteiger partial charge on any atom is 0.343 e. The molecule has 2 heterocycles. The largest absolute Gasteiger partial charge is 0.462 e. The first-order valence-corrected chi connectivity index (χ1v) is 8.07. The number of hydrogen-bond donors (Lipinski definition) is 1. The third-order valence-electron chi connectivity index (χ3n) is 3.80. The number of esters is 1. The van der Waals surface area contributed by atoms with Gasteiger partial charge in [0.05, 0.1) is 23.4 Å². The quantitative estimate of drug-likeness (QED) is 0.233. The number of aromatic nitrogens is 2. The zero-order valence-corrected chi connectivity index (χ0v) is 14.8. The molecule has 6 nitrogen and oxygen atoms in total. The van der Waals surface area contributed by atoms with E-state index in [4.69, 9.17) is 22.1 Å². The van der Waals surface area contributed by atoms with Crippen LogP contribution in [0.1, 0.15) is 17.3 Å². The van der Waals surface area contributed by atoms with E-state index >= 15 is 0 Å². The Kier molecular flexibility index (Phi) is 4.99. The molecule has 0 saturated carbocycles. The summed E-state index contributed by atoms with van der Waals surface area (Å²) < 4.78 is 61.1. The van der Waals surface area contributed by atoms with E-state index in [-0.39, 0.29) is 6.61 Å². The number of hydrogen-bond acceptors (Lipinski definition) is 5. The predicted molar refractivity (Wildman–Crippen MR) is 92.6 cm³/mol. The smallest absolute Gasteiger partial charge is 0.343 e. The Morgan fingerprint density at radius 3 is 2.54 bits per heavy atom. The first-order chi connectivity index (χ1) is 13.2. The minimum atomic E-state index is -1.88. The first kappa shape index (κ1) is 19.6. The van der Waals surface area contributed by atoms with Crippen molar-refractivity contribution in [2.75, 3.05) is 12.3 Å². The van der Waals surface area contributed by atoms with Crippen molar-refractivity contribution < 1.29 is 27.1 Å². The van der Waals surface area contributed by atoms with Crippen molar-refractivity contribution in [1.82, 2.24) is 9.55 Å². The van der Waals surface area contributed by atoms with Gasteiger partial charge in [0.15, 0.2) is 34.1 Å². The van der Waals surface area contributed by atoms with Crippen LogP contribution >= 0.6 is 11.6 Å². The molecule has 2 aromatic heterocycles. The van der Waals surface area contributed by atoms with Crippen LogP contribution in [0.25, 0.3) is 16.7 Å².